The van der Waals surface area contributed by atoms with Gasteiger partial charge in [0.2, 0.25) is 5.91 Å². The van der Waals surface area contributed by atoms with Gasteiger partial charge in [0.1, 0.15) is 0 Å². The van der Waals surface area contributed by atoms with Gasteiger partial charge in [0, 0.05) is 37.8 Å². The number of nitrogens with zero attached hydrogens (tertiary/aromatic N) is 4. The third-order valence-corrected chi connectivity index (χ3v) is 5.32. The zero-order valence-electron chi connectivity index (χ0n) is 16.1. The summed E-state index contributed by atoms with van der Waals surface area (Å²) in [6.07, 6.45) is 3.09. The van der Waals surface area contributed by atoms with E-state index >= 15 is 0 Å². The number of carbonyl (C=O) groups excluding carboxylic acids is 2. The van der Waals surface area contributed by atoms with E-state index in [9.17, 15) is 9.59 Å². The predicted molar refractivity (Wildman–Crippen MR) is 107 cm³/mol. The quantitative estimate of drug-likeness (QED) is 0.892. The zero-order valence-corrected chi connectivity index (χ0v) is 16.1. The van der Waals surface area contributed by atoms with Gasteiger partial charge in [0.05, 0.1) is 18.0 Å². The Kier molecular flexibility index (Phi) is 4.81. The molecule has 28 heavy (non-hydrogen) atoms. The van der Waals surface area contributed by atoms with Gasteiger partial charge in [-0.1, -0.05) is 25.1 Å². The lowest BCUT2D eigenvalue weighted by atomic mass is 9.90. The van der Waals surface area contributed by atoms with Crippen molar-refractivity contribution in [2.75, 3.05) is 12.4 Å². The highest BCUT2D eigenvalue weighted by Gasteiger charge is 2.27. The molecular formula is C21H23N5O2. The number of hydrazone groups is 1. The summed E-state index contributed by atoms with van der Waals surface area (Å²) in [4.78, 5) is 30.5. The predicted octanol–water partition coefficient (Wildman–Crippen LogP) is 3.22. The van der Waals surface area contributed by atoms with Crippen molar-refractivity contribution in [3.63, 3.8) is 0 Å². The fraction of sp³-hybridized carbons (Fsp3) is 0.333. The lowest BCUT2D eigenvalue weighted by molar-refractivity contribution is -0.131. The SMILES string of the molecule is CCC1CC(=O)N(C)N=C1c1ccc(NC(=O)N2Cc3cccnc3C2)cc1. The van der Waals surface area contributed by atoms with Gasteiger partial charge in [0.25, 0.3) is 0 Å². The molecule has 4 rings (SSSR count). The number of hydrogen-bond acceptors (Lipinski definition) is 4. The number of hydrogen-bond donors (Lipinski definition) is 1. The molecular weight excluding hydrogens is 354 g/mol. The summed E-state index contributed by atoms with van der Waals surface area (Å²) < 4.78 is 0. The summed E-state index contributed by atoms with van der Waals surface area (Å²) in [7, 11) is 1.69. The fourth-order valence-electron chi connectivity index (χ4n) is 3.64. The van der Waals surface area contributed by atoms with Crippen LogP contribution in [0.1, 0.15) is 36.6 Å². The van der Waals surface area contributed by atoms with Gasteiger partial charge in [-0.3, -0.25) is 9.78 Å². The second kappa shape index (κ2) is 7.42. The minimum atomic E-state index is -0.141. The van der Waals surface area contributed by atoms with Crippen LogP contribution in [0.25, 0.3) is 0 Å². The van der Waals surface area contributed by atoms with Gasteiger partial charge < -0.3 is 10.2 Å². The molecule has 3 amide bonds. The van der Waals surface area contributed by atoms with Crippen LogP contribution < -0.4 is 5.32 Å². The molecule has 2 aromatic rings. The normalized spacial score (nSPS) is 18.7. The average Bonchev–Trinajstić information content (AvgIpc) is 3.15. The first-order chi connectivity index (χ1) is 13.5. The molecule has 0 bridgehead atoms. The Balaban J connectivity index is 1.45. The molecule has 1 aromatic heterocycles. The van der Waals surface area contributed by atoms with Gasteiger partial charge >= 0.3 is 6.03 Å². The summed E-state index contributed by atoms with van der Waals surface area (Å²) in [5.41, 5.74) is 4.66. The zero-order chi connectivity index (χ0) is 19.7. The highest BCUT2D eigenvalue weighted by Crippen LogP contribution is 2.25. The maximum absolute atomic E-state index is 12.6. The van der Waals surface area contributed by atoms with E-state index in [2.05, 4.69) is 22.3 Å². The van der Waals surface area contributed by atoms with Gasteiger partial charge in [-0.15, -0.1) is 0 Å². The molecule has 1 N–H and O–H groups in total. The number of benzene rings is 1. The molecule has 2 aliphatic rings. The van der Waals surface area contributed by atoms with Crippen molar-refractivity contribution < 1.29 is 9.59 Å². The van der Waals surface area contributed by atoms with Crippen molar-refractivity contribution >= 4 is 23.3 Å². The first kappa shape index (κ1) is 18.2. The number of aromatic nitrogens is 1. The monoisotopic (exact) mass is 377 g/mol. The number of amides is 3. The Morgan fingerprint density at radius 1 is 1.21 bits per heavy atom. The standard InChI is InChI=1S/C21H23N5O2/c1-3-14-11-19(27)25(2)24-20(14)15-6-8-17(9-7-15)23-21(28)26-12-16-5-4-10-22-18(16)13-26/h4-10,14H,3,11-13H2,1-2H3,(H,23,28). The van der Waals surface area contributed by atoms with Crippen LogP contribution in [-0.4, -0.2) is 39.6 Å². The fourth-order valence-corrected chi connectivity index (χ4v) is 3.64. The minimum Gasteiger partial charge on any atom is -0.314 e. The maximum atomic E-state index is 12.6. The van der Waals surface area contributed by atoms with Gasteiger partial charge in [0.15, 0.2) is 0 Å². The molecule has 7 nitrogen and oxygen atoms in total. The largest absolute Gasteiger partial charge is 0.322 e. The highest BCUT2D eigenvalue weighted by atomic mass is 16.2. The van der Waals surface area contributed by atoms with Crippen LogP contribution in [0.15, 0.2) is 47.7 Å². The first-order valence-electron chi connectivity index (χ1n) is 9.49. The highest BCUT2D eigenvalue weighted by molar-refractivity contribution is 6.06. The topological polar surface area (TPSA) is 77.9 Å². The van der Waals surface area contributed by atoms with E-state index in [4.69, 9.17) is 0 Å². The van der Waals surface area contributed by atoms with Crippen LogP contribution in [-0.2, 0) is 17.9 Å². The van der Waals surface area contributed by atoms with Crippen molar-refractivity contribution in [3.05, 3.63) is 59.4 Å². The summed E-state index contributed by atoms with van der Waals surface area (Å²) in [5, 5.41) is 8.82. The Labute approximate surface area is 164 Å². The molecule has 0 saturated carbocycles. The second-order valence-electron chi connectivity index (χ2n) is 7.18. The van der Waals surface area contributed by atoms with Crippen LogP contribution in [0.2, 0.25) is 0 Å². The minimum absolute atomic E-state index is 0.0422. The van der Waals surface area contributed by atoms with Crippen LogP contribution in [0.3, 0.4) is 0 Å². The third-order valence-electron chi connectivity index (χ3n) is 5.32. The average molecular weight is 377 g/mol. The van der Waals surface area contributed by atoms with Crippen LogP contribution in [0, 0.1) is 5.92 Å². The molecule has 1 atom stereocenters. The van der Waals surface area contributed by atoms with Crippen molar-refractivity contribution in [2.45, 2.75) is 32.9 Å². The number of carbonyl (C=O) groups is 2. The third kappa shape index (κ3) is 3.47. The lowest BCUT2D eigenvalue weighted by Gasteiger charge is -2.26. The molecule has 7 heteroatoms. The van der Waals surface area contributed by atoms with E-state index in [-0.39, 0.29) is 17.9 Å². The van der Waals surface area contributed by atoms with Crippen molar-refractivity contribution in [2.24, 2.45) is 11.0 Å². The van der Waals surface area contributed by atoms with Crippen molar-refractivity contribution in [1.29, 1.82) is 0 Å². The molecule has 0 saturated heterocycles. The molecule has 0 spiro atoms. The molecule has 1 aromatic carbocycles. The number of anilines is 1. The van der Waals surface area contributed by atoms with Crippen molar-refractivity contribution in [3.8, 4) is 0 Å². The van der Waals surface area contributed by atoms with Crippen LogP contribution in [0.4, 0.5) is 10.5 Å². The summed E-state index contributed by atoms with van der Waals surface area (Å²) in [5.74, 6) is 0.167. The van der Waals surface area contributed by atoms with Gasteiger partial charge in [-0.2, -0.15) is 5.10 Å². The number of fused-ring (bicyclic) bond motifs is 1. The molecule has 2 aliphatic heterocycles. The van der Waals surface area contributed by atoms with Crippen LogP contribution >= 0.6 is 0 Å². The Hall–Kier alpha value is -3.22. The second-order valence-corrected chi connectivity index (χ2v) is 7.18. The van der Waals surface area contributed by atoms with Gasteiger partial charge in [-0.25, -0.2) is 9.80 Å². The Morgan fingerprint density at radius 2 is 2.00 bits per heavy atom. The maximum Gasteiger partial charge on any atom is 0.322 e. The molecule has 3 heterocycles. The van der Waals surface area contributed by atoms with E-state index in [1.54, 1.807) is 18.1 Å². The number of pyridine rings is 1. The molecule has 0 fully saturated rings. The molecule has 144 valence electrons. The van der Waals surface area contributed by atoms with Gasteiger partial charge in [-0.05, 0) is 35.7 Å². The summed E-state index contributed by atoms with van der Waals surface area (Å²) in [6.45, 7) is 3.16. The van der Waals surface area contributed by atoms with E-state index in [0.29, 0.717) is 19.5 Å². The number of urea groups is 1. The van der Waals surface area contributed by atoms with E-state index < -0.39 is 0 Å². The smallest absolute Gasteiger partial charge is 0.314 e. The van der Waals surface area contributed by atoms with Crippen LogP contribution in [0.5, 0.6) is 0 Å². The summed E-state index contributed by atoms with van der Waals surface area (Å²) in [6, 6.07) is 11.4. The first-order valence-corrected chi connectivity index (χ1v) is 9.49. The number of nitrogens with one attached hydrogen (secondary N) is 1. The van der Waals surface area contributed by atoms with Crippen molar-refractivity contribution in [1.82, 2.24) is 14.9 Å². The Morgan fingerprint density at radius 3 is 2.71 bits per heavy atom. The summed E-state index contributed by atoms with van der Waals surface area (Å²) >= 11 is 0. The van der Waals surface area contributed by atoms with E-state index in [1.807, 2.05) is 36.4 Å². The molecule has 1 unspecified atom stereocenters. The lowest BCUT2D eigenvalue weighted by Crippen LogP contribution is -2.34. The Bertz CT molecular complexity index is 913. The molecule has 0 aliphatic carbocycles. The van der Waals surface area contributed by atoms with E-state index in [1.165, 1.54) is 5.01 Å². The molecule has 0 radical (unpaired) electrons. The van der Waals surface area contributed by atoms with E-state index in [0.717, 1.165) is 34.6 Å². The number of rotatable bonds is 3.